The minimum atomic E-state index is -0.950. The summed E-state index contributed by atoms with van der Waals surface area (Å²) < 4.78 is 40.7. The molecule has 2 aromatic carbocycles. The van der Waals surface area contributed by atoms with Crippen LogP contribution in [0.4, 0.5) is 24.5 Å². The number of carbonyl (C=O) groups excluding carboxylic acids is 2. The third kappa shape index (κ3) is 5.28. The van der Waals surface area contributed by atoms with Crippen molar-refractivity contribution in [1.29, 1.82) is 0 Å². The number of hydrogen-bond acceptors (Lipinski definition) is 3. The molecule has 3 rings (SSSR count). The van der Waals surface area contributed by atoms with Crippen LogP contribution in [0.5, 0.6) is 0 Å². The van der Waals surface area contributed by atoms with Gasteiger partial charge in [-0.3, -0.25) is 9.59 Å². The maximum atomic E-state index is 14.3. The quantitative estimate of drug-likeness (QED) is 0.688. The van der Waals surface area contributed by atoms with E-state index in [9.17, 15) is 22.8 Å². The highest BCUT2D eigenvalue weighted by molar-refractivity contribution is 5.95. The molecule has 0 saturated carbocycles. The molecule has 29 heavy (non-hydrogen) atoms. The van der Waals surface area contributed by atoms with Gasteiger partial charge in [0.1, 0.15) is 23.1 Å². The molecule has 0 unspecified atom stereocenters. The topological polar surface area (TPSA) is 61.4 Å². The number of anilines is 2. The normalized spacial score (nSPS) is 13.4. The van der Waals surface area contributed by atoms with E-state index in [4.69, 9.17) is 0 Å². The summed E-state index contributed by atoms with van der Waals surface area (Å²) in [5, 5.41) is 5.10. The summed E-state index contributed by atoms with van der Waals surface area (Å²) in [5.41, 5.74) is 0.560. The molecule has 1 heterocycles. The van der Waals surface area contributed by atoms with Crippen molar-refractivity contribution in [3.8, 4) is 0 Å². The summed E-state index contributed by atoms with van der Waals surface area (Å²) in [7, 11) is 0. The van der Waals surface area contributed by atoms with Gasteiger partial charge in [-0.05, 0) is 43.5 Å². The maximum absolute atomic E-state index is 14.3. The average Bonchev–Trinajstić information content (AvgIpc) is 3.21. The first kappa shape index (κ1) is 20.7. The van der Waals surface area contributed by atoms with Crippen LogP contribution in [0.3, 0.4) is 0 Å². The molecular weight excluding hydrogens is 383 g/mol. The van der Waals surface area contributed by atoms with E-state index >= 15 is 0 Å². The second-order valence-electron chi connectivity index (χ2n) is 6.86. The standard InChI is InChI=1S/C21H22F3N3O2/c22-14-8-9-15(17(24)13-14)21(29)25-10-4-7-19(28)26-20-16(23)5-3-6-18(20)27-11-1-2-12-27/h3,5-6,8-9,13H,1-2,4,7,10-12H2,(H,25,29)(H,26,28). The van der Waals surface area contributed by atoms with E-state index in [1.807, 2.05) is 4.90 Å². The molecule has 0 aromatic heterocycles. The molecule has 1 fully saturated rings. The van der Waals surface area contributed by atoms with Crippen LogP contribution < -0.4 is 15.5 Å². The lowest BCUT2D eigenvalue weighted by Gasteiger charge is -2.22. The Morgan fingerprint density at radius 3 is 2.48 bits per heavy atom. The van der Waals surface area contributed by atoms with Gasteiger partial charge >= 0.3 is 0 Å². The lowest BCUT2D eigenvalue weighted by atomic mass is 10.2. The molecule has 0 spiro atoms. The van der Waals surface area contributed by atoms with Gasteiger partial charge < -0.3 is 15.5 Å². The zero-order valence-corrected chi connectivity index (χ0v) is 15.8. The molecular formula is C21H22F3N3O2. The summed E-state index contributed by atoms with van der Waals surface area (Å²) in [6, 6.07) is 7.38. The van der Waals surface area contributed by atoms with Crippen LogP contribution in [0.25, 0.3) is 0 Å². The Kier molecular flexibility index (Phi) is 6.74. The zero-order valence-electron chi connectivity index (χ0n) is 15.8. The van der Waals surface area contributed by atoms with E-state index < -0.39 is 23.4 Å². The Bertz CT molecular complexity index is 899. The van der Waals surface area contributed by atoms with Gasteiger partial charge in [0.05, 0.1) is 11.3 Å². The molecule has 0 aliphatic carbocycles. The van der Waals surface area contributed by atoms with Crippen molar-refractivity contribution < 1.29 is 22.8 Å². The lowest BCUT2D eigenvalue weighted by Crippen LogP contribution is -2.26. The Labute approximate surface area is 166 Å². The Morgan fingerprint density at radius 1 is 1.00 bits per heavy atom. The van der Waals surface area contributed by atoms with Gasteiger partial charge in [-0.25, -0.2) is 13.2 Å². The SMILES string of the molecule is O=C(CCCNC(=O)c1ccc(F)cc1F)Nc1c(F)cccc1N1CCCC1. The number of hydrogen-bond donors (Lipinski definition) is 2. The fraction of sp³-hybridized carbons (Fsp3) is 0.333. The number of amides is 2. The van der Waals surface area contributed by atoms with Crippen LogP contribution in [0.15, 0.2) is 36.4 Å². The van der Waals surface area contributed by atoms with Crippen molar-refractivity contribution in [2.75, 3.05) is 29.9 Å². The molecule has 1 aliphatic heterocycles. The zero-order chi connectivity index (χ0) is 20.8. The average molecular weight is 405 g/mol. The van der Waals surface area contributed by atoms with Gasteiger partial charge in [0.25, 0.3) is 5.91 Å². The first-order valence-corrected chi connectivity index (χ1v) is 9.52. The molecule has 0 atom stereocenters. The number of rotatable bonds is 7. The highest BCUT2D eigenvalue weighted by Gasteiger charge is 2.19. The molecule has 1 aliphatic rings. The van der Waals surface area contributed by atoms with Crippen LogP contribution in [0.1, 0.15) is 36.0 Å². The van der Waals surface area contributed by atoms with Crippen molar-refractivity contribution in [2.24, 2.45) is 0 Å². The van der Waals surface area contributed by atoms with Gasteiger partial charge in [-0.1, -0.05) is 6.07 Å². The first-order valence-electron chi connectivity index (χ1n) is 9.52. The lowest BCUT2D eigenvalue weighted by molar-refractivity contribution is -0.116. The van der Waals surface area contributed by atoms with Gasteiger partial charge in [-0.15, -0.1) is 0 Å². The van der Waals surface area contributed by atoms with Crippen molar-refractivity contribution in [1.82, 2.24) is 5.32 Å². The molecule has 2 amide bonds. The van der Waals surface area contributed by atoms with E-state index in [0.717, 1.165) is 38.1 Å². The third-order valence-electron chi connectivity index (χ3n) is 4.74. The van der Waals surface area contributed by atoms with E-state index in [1.165, 1.54) is 6.07 Å². The Hall–Kier alpha value is -3.03. The summed E-state index contributed by atoms with van der Waals surface area (Å²) >= 11 is 0. The monoisotopic (exact) mass is 405 g/mol. The van der Waals surface area contributed by atoms with E-state index in [1.54, 1.807) is 12.1 Å². The summed E-state index contributed by atoms with van der Waals surface area (Å²) in [5.74, 6) is -3.28. The van der Waals surface area contributed by atoms with Gasteiger partial charge in [-0.2, -0.15) is 0 Å². The first-order chi connectivity index (χ1) is 14.0. The summed E-state index contributed by atoms with van der Waals surface area (Å²) in [6.45, 7) is 1.76. The summed E-state index contributed by atoms with van der Waals surface area (Å²) in [4.78, 5) is 26.2. The van der Waals surface area contributed by atoms with Crippen molar-refractivity contribution >= 4 is 23.2 Å². The number of benzene rings is 2. The molecule has 0 radical (unpaired) electrons. The van der Waals surface area contributed by atoms with E-state index in [2.05, 4.69) is 10.6 Å². The summed E-state index contributed by atoms with van der Waals surface area (Å²) in [6.07, 6.45) is 2.39. The van der Waals surface area contributed by atoms with Gasteiger partial charge in [0, 0.05) is 32.1 Å². The maximum Gasteiger partial charge on any atom is 0.254 e. The third-order valence-corrected chi connectivity index (χ3v) is 4.74. The van der Waals surface area contributed by atoms with Crippen LogP contribution in [-0.2, 0) is 4.79 Å². The van der Waals surface area contributed by atoms with Crippen LogP contribution in [0, 0.1) is 17.5 Å². The Balaban J connectivity index is 1.50. The molecule has 2 aromatic rings. The van der Waals surface area contributed by atoms with Crippen LogP contribution in [0.2, 0.25) is 0 Å². The fourth-order valence-corrected chi connectivity index (χ4v) is 3.28. The number of nitrogens with one attached hydrogen (secondary N) is 2. The number of halogens is 3. The molecule has 5 nitrogen and oxygen atoms in total. The van der Waals surface area contributed by atoms with Crippen molar-refractivity contribution in [3.63, 3.8) is 0 Å². The predicted octanol–water partition coefficient (Wildman–Crippen LogP) is 3.85. The largest absolute Gasteiger partial charge is 0.370 e. The molecule has 8 heteroatoms. The second kappa shape index (κ2) is 9.45. The number of para-hydroxylation sites is 1. The van der Waals surface area contributed by atoms with Crippen LogP contribution >= 0.6 is 0 Å². The highest BCUT2D eigenvalue weighted by Crippen LogP contribution is 2.31. The van der Waals surface area contributed by atoms with Gasteiger partial charge in [0.15, 0.2) is 0 Å². The van der Waals surface area contributed by atoms with Crippen molar-refractivity contribution in [2.45, 2.75) is 25.7 Å². The molecule has 1 saturated heterocycles. The fourth-order valence-electron chi connectivity index (χ4n) is 3.28. The van der Waals surface area contributed by atoms with Crippen LogP contribution in [-0.4, -0.2) is 31.4 Å². The smallest absolute Gasteiger partial charge is 0.254 e. The Morgan fingerprint density at radius 2 is 1.76 bits per heavy atom. The number of nitrogens with zero attached hydrogens (tertiary/aromatic N) is 1. The minimum absolute atomic E-state index is 0.0555. The molecule has 0 bridgehead atoms. The predicted molar refractivity (Wildman–Crippen MR) is 104 cm³/mol. The molecule has 154 valence electrons. The highest BCUT2D eigenvalue weighted by atomic mass is 19.1. The van der Waals surface area contributed by atoms with Gasteiger partial charge in [0.2, 0.25) is 5.91 Å². The van der Waals surface area contributed by atoms with E-state index in [-0.39, 0.29) is 36.5 Å². The van der Waals surface area contributed by atoms with Crippen molar-refractivity contribution in [3.05, 3.63) is 59.4 Å². The number of carbonyl (C=O) groups is 2. The van der Waals surface area contributed by atoms with E-state index in [0.29, 0.717) is 11.8 Å². The molecule has 2 N–H and O–H groups in total. The second-order valence-corrected chi connectivity index (χ2v) is 6.86. The minimum Gasteiger partial charge on any atom is -0.370 e.